The third-order valence-electron chi connectivity index (χ3n) is 3.26. The molecule has 4 N–H and O–H groups in total. The van der Waals surface area contributed by atoms with Gasteiger partial charge < -0.3 is 16.2 Å². The quantitative estimate of drug-likeness (QED) is 0.630. The molecule has 0 spiro atoms. The van der Waals surface area contributed by atoms with Gasteiger partial charge in [-0.15, -0.1) is 0 Å². The molecule has 2 amide bonds. The Kier molecular flexibility index (Phi) is 4.09. The molecular weight excluding hydrogens is 224 g/mol. The topological polar surface area (TPSA) is 109 Å². The summed E-state index contributed by atoms with van der Waals surface area (Å²) in [6.45, 7) is 1.82. The lowest BCUT2D eigenvalue weighted by Gasteiger charge is -2.24. The van der Waals surface area contributed by atoms with Gasteiger partial charge in [-0.05, 0) is 12.8 Å². The fourth-order valence-corrected chi connectivity index (χ4v) is 2.12. The second kappa shape index (κ2) is 5.16. The van der Waals surface area contributed by atoms with Gasteiger partial charge in [0.05, 0.1) is 6.42 Å². The van der Waals surface area contributed by atoms with Crippen molar-refractivity contribution in [1.82, 2.24) is 5.32 Å². The van der Waals surface area contributed by atoms with Crippen molar-refractivity contribution < 1.29 is 19.5 Å². The van der Waals surface area contributed by atoms with Crippen LogP contribution in [0.15, 0.2) is 0 Å². The van der Waals surface area contributed by atoms with E-state index in [0.29, 0.717) is 0 Å². The Bertz CT molecular complexity index is 334. The minimum absolute atomic E-state index is 0.302. The first kappa shape index (κ1) is 13.5. The molecule has 0 saturated heterocycles. The summed E-state index contributed by atoms with van der Waals surface area (Å²) in [5.41, 5.74) is 4.43. The Morgan fingerprint density at radius 3 is 2.29 bits per heavy atom. The van der Waals surface area contributed by atoms with Crippen molar-refractivity contribution in [2.24, 2.45) is 11.1 Å². The number of carbonyl (C=O) groups excluding carboxylic acids is 2. The van der Waals surface area contributed by atoms with Crippen LogP contribution in [0.5, 0.6) is 0 Å². The van der Waals surface area contributed by atoms with Crippen molar-refractivity contribution in [3.8, 4) is 0 Å². The molecule has 0 aromatic rings. The van der Waals surface area contributed by atoms with Crippen LogP contribution in [0.4, 0.5) is 0 Å². The summed E-state index contributed by atoms with van der Waals surface area (Å²) >= 11 is 0. The smallest absolute Gasteiger partial charge is 0.326 e. The van der Waals surface area contributed by atoms with Gasteiger partial charge in [-0.25, -0.2) is 4.79 Å². The van der Waals surface area contributed by atoms with Gasteiger partial charge in [-0.1, -0.05) is 19.8 Å². The van der Waals surface area contributed by atoms with Gasteiger partial charge in [-0.3, -0.25) is 9.59 Å². The van der Waals surface area contributed by atoms with E-state index in [0.717, 1.165) is 25.7 Å². The number of amides is 2. The van der Waals surface area contributed by atoms with E-state index >= 15 is 0 Å². The lowest BCUT2D eigenvalue weighted by atomic mass is 9.87. The lowest BCUT2D eigenvalue weighted by molar-refractivity contribution is -0.145. The Morgan fingerprint density at radius 1 is 1.35 bits per heavy atom. The Labute approximate surface area is 99.6 Å². The fraction of sp³-hybridized carbons (Fsp3) is 0.727. The van der Waals surface area contributed by atoms with E-state index in [1.807, 2.05) is 6.92 Å². The largest absolute Gasteiger partial charge is 0.480 e. The fourth-order valence-electron chi connectivity index (χ4n) is 2.12. The minimum atomic E-state index is -1.24. The van der Waals surface area contributed by atoms with Crippen LogP contribution in [0.3, 0.4) is 0 Å². The van der Waals surface area contributed by atoms with E-state index in [1.165, 1.54) is 0 Å². The van der Waals surface area contributed by atoms with Crippen LogP contribution in [0.2, 0.25) is 0 Å². The summed E-state index contributed by atoms with van der Waals surface area (Å²) in [4.78, 5) is 33.5. The molecule has 1 atom stereocenters. The van der Waals surface area contributed by atoms with Gasteiger partial charge in [-0.2, -0.15) is 0 Å². The molecule has 1 saturated carbocycles. The summed E-state index contributed by atoms with van der Waals surface area (Å²) in [5.74, 6) is -2.28. The lowest BCUT2D eigenvalue weighted by Crippen LogP contribution is -2.48. The van der Waals surface area contributed by atoms with Crippen molar-refractivity contribution in [2.45, 2.75) is 45.1 Å². The molecule has 6 nitrogen and oxygen atoms in total. The van der Waals surface area contributed by atoms with Gasteiger partial charge >= 0.3 is 5.97 Å². The molecule has 1 aliphatic carbocycles. The van der Waals surface area contributed by atoms with Gasteiger partial charge in [0, 0.05) is 5.41 Å². The number of hydrogen-bond donors (Lipinski definition) is 3. The zero-order valence-electron chi connectivity index (χ0n) is 9.86. The third kappa shape index (κ3) is 3.44. The molecule has 0 radical (unpaired) electrons. The molecule has 0 aromatic carbocycles. The highest BCUT2D eigenvalue weighted by molar-refractivity contribution is 5.90. The van der Waals surface area contributed by atoms with Crippen molar-refractivity contribution in [3.63, 3.8) is 0 Å². The zero-order chi connectivity index (χ0) is 13.1. The number of aliphatic carboxylic acids is 1. The number of nitrogens with one attached hydrogen (secondary N) is 1. The van der Waals surface area contributed by atoms with E-state index < -0.39 is 23.3 Å². The van der Waals surface area contributed by atoms with Crippen LogP contribution in [-0.4, -0.2) is 28.9 Å². The number of hydrogen-bond acceptors (Lipinski definition) is 3. The molecule has 6 heteroatoms. The van der Waals surface area contributed by atoms with Crippen LogP contribution in [0.1, 0.15) is 39.0 Å². The average Bonchev–Trinajstić information content (AvgIpc) is 2.64. The number of primary amides is 1. The predicted octanol–water partition coefficient (Wildman–Crippen LogP) is 0.0115. The average molecular weight is 242 g/mol. The molecule has 0 aliphatic heterocycles. The normalized spacial score (nSPS) is 19.6. The first-order valence-electron chi connectivity index (χ1n) is 5.67. The summed E-state index contributed by atoms with van der Waals surface area (Å²) in [5, 5.41) is 11.3. The Morgan fingerprint density at radius 2 is 1.88 bits per heavy atom. The zero-order valence-corrected chi connectivity index (χ0v) is 9.86. The highest BCUT2D eigenvalue weighted by Gasteiger charge is 2.38. The second-order valence-corrected chi connectivity index (χ2v) is 4.80. The molecule has 1 aliphatic rings. The summed E-state index contributed by atoms with van der Waals surface area (Å²) < 4.78 is 0. The molecule has 0 heterocycles. The van der Waals surface area contributed by atoms with Crippen molar-refractivity contribution >= 4 is 17.8 Å². The molecular formula is C11H18N2O4. The van der Waals surface area contributed by atoms with Gasteiger partial charge in [0.25, 0.3) is 0 Å². The van der Waals surface area contributed by atoms with Crippen molar-refractivity contribution in [1.29, 1.82) is 0 Å². The third-order valence-corrected chi connectivity index (χ3v) is 3.26. The molecule has 0 bridgehead atoms. The van der Waals surface area contributed by atoms with Crippen molar-refractivity contribution in [2.75, 3.05) is 0 Å². The van der Waals surface area contributed by atoms with Crippen molar-refractivity contribution in [3.05, 3.63) is 0 Å². The Hall–Kier alpha value is -1.59. The summed E-state index contributed by atoms with van der Waals surface area (Å²) in [6, 6.07) is -1.22. The van der Waals surface area contributed by atoms with Gasteiger partial charge in [0.1, 0.15) is 6.04 Å². The maximum absolute atomic E-state index is 11.9. The standard InChI is InChI=1S/C11H18N2O4/c1-11(4-2-3-5-11)10(17)13-7(9(15)16)6-8(12)14/h7H,2-6H2,1H3,(H2,12,14)(H,13,17)(H,15,16). The monoisotopic (exact) mass is 242 g/mol. The number of carbonyl (C=O) groups is 3. The van der Waals surface area contributed by atoms with Crippen LogP contribution in [-0.2, 0) is 14.4 Å². The minimum Gasteiger partial charge on any atom is -0.480 e. The first-order valence-corrected chi connectivity index (χ1v) is 5.67. The summed E-state index contributed by atoms with van der Waals surface area (Å²) in [6.07, 6.45) is 3.07. The van der Waals surface area contributed by atoms with Crippen LogP contribution in [0.25, 0.3) is 0 Å². The molecule has 1 unspecified atom stereocenters. The van der Waals surface area contributed by atoms with E-state index in [4.69, 9.17) is 10.8 Å². The van der Waals surface area contributed by atoms with E-state index in [2.05, 4.69) is 5.32 Å². The van der Waals surface area contributed by atoms with Gasteiger partial charge in [0.2, 0.25) is 11.8 Å². The highest BCUT2D eigenvalue weighted by atomic mass is 16.4. The molecule has 1 rings (SSSR count). The molecule has 96 valence electrons. The first-order chi connectivity index (χ1) is 7.85. The molecule has 17 heavy (non-hydrogen) atoms. The molecule has 0 aromatic heterocycles. The van der Waals surface area contributed by atoms with Crippen LogP contribution in [0, 0.1) is 5.41 Å². The van der Waals surface area contributed by atoms with E-state index in [-0.39, 0.29) is 12.3 Å². The molecule has 1 fully saturated rings. The SMILES string of the molecule is CC1(C(=O)NC(CC(N)=O)C(=O)O)CCCC1. The number of rotatable bonds is 5. The maximum Gasteiger partial charge on any atom is 0.326 e. The maximum atomic E-state index is 11.9. The van der Waals surface area contributed by atoms with Crippen LogP contribution < -0.4 is 11.1 Å². The van der Waals surface area contributed by atoms with E-state index in [9.17, 15) is 14.4 Å². The Balaban J connectivity index is 2.63. The van der Waals surface area contributed by atoms with Crippen LogP contribution >= 0.6 is 0 Å². The highest BCUT2D eigenvalue weighted by Crippen LogP contribution is 2.37. The number of nitrogens with two attached hydrogens (primary N) is 1. The summed E-state index contributed by atoms with van der Waals surface area (Å²) in [7, 11) is 0. The number of carboxylic acids is 1. The van der Waals surface area contributed by atoms with Gasteiger partial charge in [0.15, 0.2) is 0 Å². The predicted molar refractivity (Wildman–Crippen MR) is 60.0 cm³/mol. The van der Waals surface area contributed by atoms with E-state index in [1.54, 1.807) is 0 Å². The second-order valence-electron chi connectivity index (χ2n) is 4.80. The number of carboxylic acid groups (broad SMARTS) is 1.